The summed E-state index contributed by atoms with van der Waals surface area (Å²) in [7, 11) is 0. The SMILES string of the molecule is Cc1ccc([N+](=O)[O-])cc1NC(=O)COC(=O)C1CC2CCCC(C1)C2=O. The van der Waals surface area contributed by atoms with Crippen molar-refractivity contribution in [2.75, 3.05) is 11.9 Å². The van der Waals surface area contributed by atoms with Gasteiger partial charge in [0.15, 0.2) is 6.61 Å². The van der Waals surface area contributed by atoms with Gasteiger partial charge < -0.3 is 10.1 Å². The van der Waals surface area contributed by atoms with Gasteiger partial charge in [-0.05, 0) is 38.2 Å². The number of non-ortho nitro benzene ring substituents is 1. The smallest absolute Gasteiger partial charge is 0.309 e. The summed E-state index contributed by atoms with van der Waals surface area (Å²) in [5.74, 6) is -1.20. The van der Waals surface area contributed by atoms with Crippen molar-refractivity contribution >= 4 is 29.0 Å². The summed E-state index contributed by atoms with van der Waals surface area (Å²) in [5.41, 5.74) is 0.841. The average molecular weight is 374 g/mol. The fraction of sp³-hybridized carbons (Fsp3) is 0.526. The van der Waals surface area contributed by atoms with E-state index in [1.54, 1.807) is 6.92 Å². The van der Waals surface area contributed by atoms with Crippen LogP contribution in [0.25, 0.3) is 0 Å². The Morgan fingerprint density at radius 1 is 1.26 bits per heavy atom. The largest absolute Gasteiger partial charge is 0.455 e. The number of carbonyl (C=O) groups is 3. The maximum atomic E-state index is 12.3. The predicted octanol–water partition coefficient (Wildman–Crippen LogP) is 2.78. The number of hydrogen-bond acceptors (Lipinski definition) is 6. The number of esters is 1. The Morgan fingerprint density at radius 3 is 2.56 bits per heavy atom. The van der Waals surface area contributed by atoms with Crippen LogP contribution in [0, 0.1) is 34.8 Å². The van der Waals surface area contributed by atoms with E-state index in [1.807, 2.05) is 0 Å². The van der Waals surface area contributed by atoms with Gasteiger partial charge in [-0.2, -0.15) is 0 Å². The van der Waals surface area contributed by atoms with E-state index in [-0.39, 0.29) is 29.2 Å². The van der Waals surface area contributed by atoms with Crippen LogP contribution in [0.15, 0.2) is 18.2 Å². The van der Waals surface area contributed by atoms with Crippen LogP contribution >= 0.6 is 0 Å². The van der Waals surface area contributed by atoms with E-state index in [9.17, 15) is 24.5 Å². The summed E-state index contributed by atoms with van der Waals surface area (Å²) in [6.07, 6.45) is 3.67. The first-order valence-electron chi connectivity index (χ1n) is 9.10. The number of rotatable bonds is 5. The molecule has 2 bridgehead atoms. The van der Waals surface area contributed by atoms with Gasteiger partial charge in [0.25, 0.3) is 11.6 Å². The van der Waals surface area contributed by atoms with Crippen molar-refractivity contribution in [1.29, 1.82) is 0 Å². The zero-order chi connectivity index (χ0) is 19.6. The van der Waals surface area contributed by atoms with E-state index < -0.39 is 23.4 Å². The van der Waals surface area contributed by atoms with E-state index in [1.165, 1.54) is 18.2 Å². The maximum absolute atomic E-state index is 12.3. The van der Waals surface area contributed by atoms with Crippen molar-refractivity contribution in [2.45, 2.75) is 39.0 Å². The molecule has 1 aromatic rings. The van der Waals surface area contributed by atoms with Gasteiger partial charge in [-0.15, -0.1) is 0 Å². The zero-order valence-corrected chi connectivity index (χ0v) is 15.1. The Morgan fingerprint density at radius 2 is 1.93 bits per heavy atom. The minimum absolute atomic E-state index is 0.0589. The quantitative estimate of drug-likeness (QED) is 0.481. The molecule has 1 amide bonds. The molecule has 0 radical (unpaired) electrons. The van der Waals surface area contributed by atoms with Gasteiger partial charge in [-0.3, -0.25) is 24.5 Å². The molecule has 2 saturated carbocycles. The van der Waals surface area contributed by atoms with E-state index in [2.05, 4.69) is 5.32 Å². The number of nitrogens with one attached hydrogen (secondary N) is 1. The van der Waals surface area contributed by atoms with Crippen LogP contribution in [-0.4, -0.2) is 29.2 Å². The second-order valence-electron chi connectivity index (χ2n) is 7.31. The number of aryl methyl sites for hydroxylation is 1. The van der Waals surface area contributed by atoms with Crippen molar-refractivity contribution in [3.05, 3.63) is 33.9 Å². The van der Waals surface area contributed by atoms with Crippen molar-refractivity contribution in [1.82, 2.24) is 0 Å². The molecule has 0 saturated heterocycles. The number of anilines is 1. The third-order valence-electron chi connectivity index (χ3n) is 5.43. The molecule has 1 aromatic carbocycles. The number of nitro benzene ring substituents is 1. The van der Waals surface area contributed by atoms with Crippen LogP contribution in [0.1, 0.15) is 37.7 Å². The molecule has 0 aromatic heterocycles. The number of hydrogen-bond donors (Lipinski definition) is 1. The van der Waals surface area contributed by atoms with Gasteiger partial charge in [-0.25, -0.2) is 0 Å². The highest BCUT2D eigenvalue weighted by molar-refractivity contribution is 5.94. The summed E-state index contributed by atoms with van der Waals surface area (Å²) in [4.78, 5) is 46.8. The van der Waals surface area contributed by atoms with Gasteiger partial charge in [0.2, 0.25) is 0 Å². The van der Waals surface area contributed by atoms with E-state index in [4.69, 9.17) is 4.74 Å². The predicted molar refractivity (Wildman–Crippen MR) is 96.0 cm³/mol. The number of ether oxygens (including phenoxy) is 1. The number of Topliss-reactive ketones (excluding diaryl/α,β-unsaturated/α-hetero) is 1. The van der Waals surface area contributed by atoms with Crippen molar-refractivity contribution in [3.8, 4) is 0 Å². The lowest BCUT2D eigenvalue weighted by molar-refractivity contribution is -0.384. The summed E-state index contributed by atoms with van der Waals surface area (Å²) in [5, 5.41) is 13.4. The third-order valence-corrected chi connectivity index (χ3v) is 5.43. The Balaban J connectivity index is 1.53. The van der Waals surface area contributed by atoms with Crippen LogP contribution in [0.5, 0.6) is 0 Å². The molecule has 144 valence electrons. The molecule has 2 aliphatic rings. The summed E-state index contributed by atoms with van der Waals surface area (Å²) >= 11 is 0. The van der Waals surface area contributed by atoms with Crippen molar-refractivity contribution in [2.24, 2.45) is 17.8 Å². The second kappa shape index (κ2) is 7.85. The van der Waals surface area contributed by atoms with Crippen molar-refractivity contribution < 1.29 is 24.0 Å². The van der Waals surface area contributed by atoms with Crippen LogP contribution in [-0.2, 0) is 19.1 Å². The van der Waals surface area contributed by atoms with Crippen LogP contribution in [0.2, 0.25) is 0 Å². The summed E-state index contributed by atoms with van der Waals surface area (Å²) in [6, 6.07) is 4.16. The lowest BCUT2D eigenvalue weighted by Gasteiger charge is -2.36. The van der Waals surface area contributed by atoms with E-state index >= 15 is 0 Å². The Bertz CT molecular complexity index is 774. The van der Waals surface area contributed by atoms with Gasteiger partial charge in [0, 0.05) is 24.0 Å². The third kappa shape index (κ3) is 4.32. The van der Waals surface area contributed by atoms with Gasteiger partial charge in [0.05, 0.1) is 16.5 Å². The Labute approximate surface area is 156 Å². The number of nitrogens with zero attached hydrogens (tertiary/aromatic N) is 1. The number of nitro groups is 1. The van der Waals surface area contributed by atoms with Gasteiger partial charge in [0.1, 0.15) is 5.78 Å². The monoisotopic (exact) mass is 374 g/mol. The highest BCUT2D eigenvalue weighted by Crippen LogP contribution is 2.40. The molecule has 2 unspecified atom stereocenters. The summed E-state index contributed by atoms with van der Waals surface area (Å²) < 4.78 is 5.14. The molecule has 27 heavy (non-hydrogen) atoms. The first kappa shape index (κ1) is 19.0. The van der Waals surface area contributed by atoms with E-state index in [0.29, 0.717) is 24.1 Å². The fourth-order valence-corrected chi connectivity index (χ4v) is 3.97. The second-order valence-corrected chi connectivity index (χ2v) is 7.31. The number of fused-ring (bicyclic) bond motifs is 2. The molecule has 0 aliphatic heterocycles. The van der Waals surface area contributed by atoms with Crippen LogP contribution in [0.4, 0.5) is 11.4 Å². The maximum Gasteiger partial charge on any atom is 0.309 e. The first-order chi connectivity index (χ1) is 12.8. The van der Waals surface area contributed by atoms with Crippen molar-refractivity contribution in [3.63, 3.8) is 0 Å². The number of benzene rings is 1. The van der Waals surface area contributed by atoms with Crippen LogP contribution in [0.3, 0.4) is 0 Å². The highest BCUT2D eigenvalue weighted by Gasteiger charge is 2.41. The van der Waals surface area contributed by atoms with Gasteiger partial charge >= 0.3 is 5.97 Å². The van der Waals surface area contributed by atoms with Crippen LogP contribution < -0.4 is 5.32 Å². The molecule has 2 atom stereocenters. The van der Waals surface area contributed by atoms with E-state index in [0.717, 1.165) is 19.3 Å². The molecule has 1 N–H and O–H groups in total. The lowest BCUT2D eigenvalue weighted by atomic mass is 9.67. The minimum Gasteiger partial charge on any atom is -0.455 e. The fourth-order valence-electron chi connectivity index (χ4n) is 3.97. The number of amides is 1. The molecule has 0 spiro atoms. The molecular weight excluding hydrogens is 352 g/mol. The summed E-state index contributed by atoms with van der Waals surface area (Å²) in [6.45, 7) is 1.25. The molecule has 0 heterocycles. The molecule has 8 nitrogen and oxygen atoms in total. The standard InChI is InChI=1S/C19H22N2O6/c1-11-5-6-15(21(25)26)9-16(11)20-17(22)10-27-19(24)14-7-12-3-2-4-13(8-14)18(12)23/h5-6,9,12-14H,2-4,7-8,10H2,1H3,(H,20,22). The molecule has 8 heteroatoms. The number of ketones is 1. The highest BCUT2D eigenvalue weighted by atomic mass is 16.6. The lowest BCUT2D eigenvalue weighted by Crippen LogP contribution is -2.40. The zero-order valence-electron chi connectivity index (χ0n) is 15.1. The molecular formula is C19H22N2O6. The first-order valence-corrected chi connectivity index (χ1v) is 9.10. The Kier molecular flexibility index (Phi) is 5.53. The molecule has 2 fully saturated rings. The van der Waals surface area contributed by atoms with Gasteiger partial charge in [-0.1, -0.05) is 12.5 Å². The Hall–Kier alpha value is -2.77. The molecule has 2 aliphatic carbocycles. The average Bonchev–Trinajstić information content (AvgIpc) is 2.61. The minimum atomic E-state index is -0.556. The normalized spacial score (nSPS) is 24.2. The topological polar surface area (TPSA) is 116 Å². The molecule has 3 rings (SSSR count). The number of carbonyl (C=O) groups excluding carboxylic acids is 3.